The average Bonchev–Trinajstić information content (AvgIpc) is 2.64. The molecule has 15 heavy (non-hydrogen) atoms. The summed E-state index contributed by atoms with van der Waals surface area (Å²) < 4.78 is 1.39. The van der Waals surface area contributed by atoms with Gasteiger partial charge < -0.3 is 4.98 Å². The van der Waals surface area contributed by atoms with Gasteiger partial charge in [0.25, 0.3) is 0 Å². The zero-order valence-electron chi connectivity index (χ0n) is 9.14. The van der Waals surface area contributed by atoms with E-state index in [-0.39, 0.29) is 0 Å². The van der Waals surface area contributed by atoms with E-state index in [9.17, 15) is 0 Å². The van der Waals surface area contributed by atoms with Crippen molar-refractivity contribution in [2.75, 3.05) is 0 Å². The number of hydrogen-bond donors (Lipinski definition) is 1. The maximum atomic E-state index is 3.46. The van der Waals surface area contributed by atoms with E-state index in [4.69, 9.17) is 0 Å². The zero-order valence-corrected chi connectivity index (χ0v) is 9.96. The third-order valence-electron chi connectivity index (χ3n) is 3.01. The molecule has 3 rings (SSSR count). The van der Waals surface area contributed by atoms with Gasteiger partial charge in [-0.1, -0.05) is 0 Å². The lowest BCUT2D eigenvalue weighted by Crippen LogP contribution is -1.89. The van der Waals surface area contributed by atoms with Gasteiger partial charge in [0.1, 0.15) is 0 Å². The molecule has 2 aliphatic rings. The van der Waals surface area contributed by atoms with Gasteiger partial charge in [0.2, 0.25) is 0 Å². The summed E-state index contributed by atoms with van der Waals surface area (Å²) in [7, 11) is 0. The monoisotopic (exact) mass is 215 g/mol. The van der Waals surface area contributed by atoms with E-state index in [0.29, 0.717) is 0 Å². The number of nitrogens with one attached hydrogen (secondary N) is 1. The molecule has 0 aromatic carbocycles. The molecule has 1 nitrogen and oxygen atoms in total. The smallest absolute Gasteiger partial charge is 0.0476 e. The number of aromatic nitrogens is 1. The first-order valence-corrected chi connectivity index (χ1v) is 5.96. The molecule has 0 saturated heterocycles. The van der Waals surface area contributed by atoms with Crippen LogP contribution in [-0.2, 0) is 0 Å². The Bertz CT molecular complexity index is 615. The maximum Gasteiger partial charge on any atom is 0.0476 e. The second-order valence-electron chi connectivity index (χ2n) is 4.18. The van der Waals surface area contributed by atoms with Crippen LogP contribution in [0.5, 0.6) is 0 Å². The molecule has 0 fully saturated rings. The topological polar surface area (TPSA) is 15.8 Å². The van der Waals surface area contributed by atoms with Crippen molar-refractivity contribution in [3.05, 3.63) is 34.3 Å². The molecule has 0 atom stereocenters. The molecule has 76 valence electrons. The van der Waals surface area contributed by atoms with Crippen LogP contribution in [0.3, 0.4) is 0 Å². The summed E-state index contributed by atoms with van der Waals surface area (Å²) in [5.41, 5.74) is 5.22. The molecular formula is C13H13NS. The van der Waals surface area contributed by atoms with Crippen molar-refractivity contribution in [1.29, 1.82) is 0 Å². The van der Waals surface area contributed by atoms with Crippen molar-refractivity contribution in [1.82, 2.24) is 4.98 Å². The van der Waals surface area contributed by atoms with Gasteiger partial charge in [0, 0.05) is 31.9 Å². The number of H-pyrrole nitrogens is 1. The minimum absolute atomic E-state index is 1.26. The van der Waals surface area contributed by atoms with Gasteiger partial charge in [-0.25, -0.2) is 0 Å². The van der Waals surface area contributed by atoms with Crippen LogP contribution in [0.1, 0.15) is 16.1 Å². The van der Waals surface area contributed by atoms with Gasteiger partial charge in [-0.15, -0.1) is 11.3 Å². The first-order valence-electron chi connectivity index (χ1n) is 5.14. The lowest BCUT2D eigenvalue weighted by Gasteiger charge is -2.06. The van der Waals surface area contributed by atoms with Crippen molar-refractivity contribution >= 4 is 21.4 Å². The largest absolute Gasteiger partial charge is 0.358 e. The third kappa shape index (κ3) is 1.21. The van der Waals surface area contributed by atoms with E-state index in [0.717, 1.165) is 0 Å². The first-order chi connectivity index (χ1) is 7.15. The van der Waals surface area contributed by atoms with Crippen LogP contribution in [-0.4, -0.2) is 4.98 Å². The molecule has 0 saturated carbocycles. The highest BCUT2D eigenvalue weighted by molar-refractivity contribution is 7.19. The molecule has 1 N–H and O–H groups in total. The van der Waals surface area contributed by atoms with Crippen LogP contribution in [0.25, 0.3) is 21.3 Å². The third-order valence-corrected chi connectivity index (χ3v) is 4.01. The van der Waals surface area contributed by atoms with E-state index in [1.54, 1.807) is 0 Å². The molecule has 0 unspecified atom stereocenters. The Kier molecular flexibility index (Phi) is 1.71. The minimum atomic E-state index is 1.26. The highest BCUT2D eigenvalue weighted by atomic mass is 32.1. The molecule has 2 heteroatoms. The first kappa shape index (κ1) is 8.98. The van der Waals surface area contributed by atoms with Gasteiger partial charge in [0.05, 0.1) is 0 Å². The highest BCUT2D eigenvalue weighted by Crippen LogP contribution is 2.38. The number of pyridine rings is 1. The van der Waals surface area contributed by atoms with E-state index in [1.807, 2.05) is 11.3 Å². The van der Waals surface area contributed by atoms with E-state index < -0.39 is 0 Å². The highest BCUT2D eigenvalue weighted by Gasteiger charge is 2.13. The van der Waals surface area contributed by atoms with Crippen molar-refractivity contribution in [3.8, 4) is 11.3 Å². The number of fused-ring (bicyclic) bond motifs is 3. The van der Waals surface area contributed by atoms with Gasteiger partial charge in [0.15, 0.2) is 0 Å². The molecule has 1 aliphatic carbocycles. The quantitative estimate of drug-likeness (QED) is 0.576. The van der Waals surface area contributed by atoms with Crippen molar-refractivity contribution < 1.29 is 0 Å². The average molecular weight is 215 g/mol. The van der Waals surface area contributed by atoms with Crippen molar-refractivity contribution in [2.24, 2.45) is 0 Å². The molecular weight excluding hydrogens is 202 g/mol. The molecule has 0 spiro atoms. The summed E-state index contributed by atoms with van der Waals surface area (Å²) in [6.45, 7) is 6.45. The fraction of sp³-hybridized carbons (Fsp3) is 0.231. The van der Waals surface area contributed by atoms with Gasteiger partial charge in [-0.2, -0.15) is 0 Å². The van der Waals surface area contributed by atoms with Crippen LogP contribution in [0.15, 0.2) is 18.2 Å². The molecule has 1 aromatic heterocycles. The predicted octanol–water partition coefficient (Wildman–Crippen LogP) is 4.26. The van der Waals surface area contributed by atoms with E-state index >= 15 is 0 Å². The second kappa shape index (κ2) is 2.86. The molecule has 1 aromatic rings. The fourth-order valence-electron chi connectivity index (χ4n) is 2.09. The number of hydrogen-bond acceptors (Lipinski definition) is 1. The fourth-order valence-corrected chi connectivity index (χ4v) is 3.07. The van der Waals surface area contributed by atoms with Gasteiger partial charge in [-0.3, -0.25) is 0 Å². The minimum Gasteiger partial charge on any atom is -0.358 e. The van der Waals surface area contributed by atoms with Crippen LogP contribution in [0, 0.1) is 20.8 Å². The predicted molar refractivity (Wildman–Crippen MR) is 67.0 cm³/mol. The Balaban J connectivity index is 2.47. The summed E-state index contributed by atoms with van der Waals surface area (Å²) in [6.07, 6.45) is 0. The normalized spacial score (nSPS) is 11.7. The summed E-state index contributed by atoms with van der Waals surface area (Å²) >= 11 is 1.87. The Morgan fingerprint density at radius 1 is 1.07 bits per heavy atom. The molecule has 0 amide bonds. The molecule has 0 bridgehead atoms. The number of rotatable bonds is 0. The zero-order chi connectivity index (χ0) is 10.6. The number of thiophene rings is 1. The van der Waals surface area contributed by atoms with E-state index in [1.165, 1.54) is 37.5 Å². The van der Waals surface area contributed by atoms with Crippen LogP contribution >= 0.6 is 11.3 Å². The molecule has 0 radical (unpaired) electrons. The molecule has 2 heterocycles. The van der Waals surface area contributed by atoms with Crippen molar-refractivity contribution in [2.45, 2.75) is 20.8 Å². The SMILES string of the molecule is Cc1cc2c3cc(C)c(C)[nH]c-3cc2s1. The van der Waals surface area contributed by atoms with Gasteiger partial charge >= 0.3 is 0 Å². The Morgan fingerprint density at radius 3 is 2.67 bits per heavy atom. The van der Waals surface area contributed by atoms with Crippen LogP contribution < -0.4 is 0 Å². The molecule has 1 aliphatic heterocycles. The van der Waals surface area contributed by atoms with E-state index in [2.05, 4.69) is 44.0 Å². The Labute approximate surface area is 93.1 Å². The van der Waals surface area contributed by atoms with Gasteiger partial charge in [-0.05, 0) is 44.5 Å². The van der Waals surface area contributed by atoms with Crippen molar-refractivity contribution in [3.63, 3.8) is 0 Å². The maximum absolute atomic E-state index is 3.46. The number of aromatic amines is 1. The Morgan fingerprint density at radius 2 is 1.87 bits per heavy atom. The summed E-state index contributed by atoms with van der Waals surface area (Å²) in [4.78, 5) is 4.85. The lowest BCUT2D eigenvalue weighted by atomic mass is 10.1. The lowest BCUT2D eigenvalue weighted by molar-refractivity contribution is 1.16. The number of aryl methyl sites for hydroxylation is 3. The summed E-state index contributed by atoms with van der Waals surface area (Å²) in [5.74, 6) is 0. The summed E-state index contributed by atoms with van der Waals surface area (Å²) in [6, 6.07) is 6.83. The summed E-state index contributed by atoms with van der Waals surface area (Å²) in [5, 5.41) is 1.40. The van der Waals surface area contributed by atoms with Crippen LogP contribution in [0.2, 0.25) is 0 Å². The second-order valence-corrected chi connectivity index (χ2v) is 5.47. The van der Waals surface area contributed by atoms with Crippen LogP contribution in [0.4, 0.5) is 0 Å². The Hall–Kier alpha value is -1.28. The standard InChI is InChI=1S/C13H13NS/c1-7-4-10-11-5-8(2)15-13(11)6-12(10)14-9(7)3/h4-6,14H,1-3H3.